The van der Waals surface area contributed by atoms with E-state index in [2.05, 4.69) is 5.32 Å². The van der Waals surface area contributed by atoms with Gasteiger partial charge in [-0.05, 0) is 31.5 Å². The molecule has 1 aliphatic rings. The molecule has 0 saturated carbocycles. The molecule has 2 atom stereocenters. The van der Waals surface area contributed by atoms with Crippen LogP contribution >= 0.6 is 0 Å². The van der Waals surface area contributed by atoms with Gasteiger partial charge in [-0.3, -0.25) is 19.8 Å². The van der Waals surface area contributed by atoms with Crippen LogP contribution in [0.3, 0.4) is 0 Å². The van der Waals surface area contributed by atoms with Gasteiger partial charge < -0.3 is 10.1 Å². The lowest BCUT2D eigenvalue weighted by Crippen LogP contribution is -2.55. The average Bonchev–Trinajstić information content (AvgIpc) is 2.83. The number of amides is 1. The van der Waals surface area contributed by atoms with Crippen molar-refractivity contribution in [2.45, 2.75) is 30.8 Å². The number of nitro groups is 1. The van der Waals surface area contributed by atoms with Gasteiger partial charge in [-0.1, -0.05) is 30.3 Å². The Morgan fingerprint density at radius 1 is 1.09 bits per heavy atom. The van der Waals surface area contributed by atoms with E-state index in [0.717, 1.165) is 11.6 Å². The van der Waals surface area contributed by atoms with Crippen molar-refractivity contribution in [3.8, 4) is 5.75 Å². The van der Waals surface area contributed by atoms with Crippen LogP contribution in [0.5, 0.6) is 5.75 Å². The van der Waals surface area contributed by atoms with E-state index in [9.17, 15) is 23.3 Å². The van der Waals surface area contributed by atoms with Crippen molar-refractivity contribution in [1.29, 1.82) is 0 Å². The highest BCUT2D eigenvalue weighted by Gasteiger charge is 2.33. The van der Waals surface area contributed by atoms with Crippen LogP contribution < -0.4 is 10.1 Å². The summed E-state index contributed by atoms with van der Waals surface area (Å²) in [5, 5.41) is 14.3. The van der Waals surface area contributed by atoms with Gasteiger partial charge in [0.1, 0.15) is 0 Å². The number of rotatable bonds is 8. The second-order valence-corrected chi connectivity index (χ2v) is 9.79. The standard InChI is InChI=1S/C22H28N4O6S/c1-16(18-7-5-4-6-8-18)23-22(27)17(2)24-11-13-25(14-12-24)33(30,31)19-9-10-21(32-3)20(15-19)26(28)29/h4-10,15-17H,11-14H2,1-3H3,(H,23,27). The summed E-state index contributed by atoms with van der Waals surface area (Å²) in [5.41, 5.74) is 0.595. The van der Waals surface area contributed by atoms with Crippen LogP contribution in [0.2, 0.25) is 0 Å². The van der Waals surface area contributed by atoms with Crippen LogP contribution in [-0.4, -0.2) is 67.8 Å². The number of hydrogen-bond acceptors (Lipinski definition) is 7. The number of benzene rings is 2. The Kier molecular flexibility index (Phi) is 7.67. The Hall–Kier alpha value is -3.02. The number of nitrogens with zero attached hydrogens (tertiary/aromatic N) is 3. The summed E-state index contributed by atoms with van der Waals surface area (Å²) in [5.74, 6) is -0.137. The van der Waals surface area contributed by atoms with Crippen LogP contribution in [-0.2, 0) is 14.8 Å². The maximum Gasteiger partial charge on any atom is 0.312 e. The second-order valence-electron chi connectivity index (χ2n) is 7.85. The molecule has 3 rings (SSSR count). The molecule has 10 nitrogen and oxygen atoms in total. The van der Waals surface area contributed by atoms with Crippen molar-refractivity contribution < 1.29 is 22.9 Å². The number of carbonyl (C=O) groups excluding carboxylic acids is 1. The molecule has 1 N–H and O–H groups in total. The first kappa shape index (κ1) is 24.6. The molecule has 1 saturated heterocycles. The summed E-state index contributed by atoms with van der Waals surface area (Å²) in [6.45, 7) is 4.79. The first-order valence-electron chi connectivity index (χ1n) is 10.6. The van der Waals surface area contributed by atoms with Gasteiger partial charge in [0.2, 0.25) is 15.9 Å². The molecule has 0 spiro atoms. The molecule has 1 heterocycles. The molecule has 0 aromatic heterocycles. The first-order valence-corrected chi connectivity index (χ1v) is 12.0. The molecule has 2 unspecified atom stereocenters. The highest BCUT2D eigenvalue weighted by atomic mass is 32.2. The topological polar surface area (TPSA) is 122 Å². The summed E-state index contributed by atoms with van der Waals surface area (Å²) in [4.78, 5) is 25.1. The van der Waals surface area contributed by atoms with Crippen molar-refractivity contribution in [3.63, 3.8) is 0 Å². The largest absolute Gasteiger partial charge is 0.490 e. The lowest BCUT2D eigenvalue weighted by Gasteiger charge is -2.37. The summed E-state index contributed by atoms with van der Waals surface area (Å²) < 4.78 is 32.3. The maximum absolute atomic E-state index is 13.0. The molecule has 2 aromatic carbocycles. The zero-order valence-electron chi connectivity index (χ0n) is 18.8. The van der Waals surface area contributed by atoms with Crippen LogP contribution in [0.1, 0.15) is 25.5 Å². The van der Waals surface area contributed by atoms with Gasteiger partial charge in [0.15, 0.2) is 5.75 Å². The van der Waals surface area contributed by atoms with E-state index >= 15 is 0 Å². The minimum atomic E-state index is -3.92. The zero-order valence-corrected chi connectivity index (χ0v) is 19.6. The highest BCUT2D eigenvalue weighted by Crippen LogP contribution is 2.31. The molecule has 0 aliphatic carbocycles. The lowest BCUT2D eigenvalue weighted by molar-refractivity contribution is -0.386. The number of sulfonamides is 1. The van der Waals surface area contributed by atoms with E-state index in [0.29, 0.717) is 13.1 Å². The molecule has 33 heavy (non-hydrogen) atoms. The SMILES string of the molecule is COc1ccc(S(=O)(=O)N2CCN(C(C)C(=O)NC(C)c3ccccc3)CC2)cc1[N+](=O)[O-]. The van der Waals surface area contributed by atoms with Crippen molar-refractivity contribution in [3.05, 3.63) is 64.2 Å². The van der Waals surface area contributed by atoms with Gasteiger partial charge in [-0.15, -0.1) is 0 Å². The molecule has 11 heteroatoms. The fourth-order valence-electron chi connectivity index (χ4n) is 3.78. The van der Waals surface area contributed by atoms with Crippen LogP contribution in [0.15, 0.2) is 53.4 Å². The third-order valence-electron chi connectivity index (χ3n) is 5.84. The van der Waals surface area contributed by atoms with Crippen molar-refractivity contribution in [2.24, 2.45) is 0 Å². The van der Waals surface area contributed by atoms with Crippen molar-refractivity contribution in [2.75, 3.05) is 33.3 Å². The smallest absolute Gasteiger partial charge is 0.312 e. The van der Waals surface area contributed by atoms with Gasteiger partial charge >= 0.3 is 5.69 Å². The van der Waals surface area contributed by atoms with Gasteiger partial charge in [0.25, 0.3) is 0 Å². The average molecular weight is 477 g/mol. The van der Waals surface area contributed by atoms with E-state index in [1.807, 2.05) is 42.2 Å². The molecular weight excluding hydrogens is 448 g/mol. The van der Waals surface area contributed by atoms with Crippen molar-refractivity contribution in [1.82, 2.24) is 14.5 Å². The highest BCUT2D eigenvalue weighted by molar-refractivity contribution is 7.89. The van der Waals surface area contributed by atoms with E-state index in [1.165, 1.54) is 23.5 Å². The van der Waals surface area contributed by atoms with Gasteiger partial charge in [0, 0.05) is 32.2 Å². The molecule has 1 amide bonds. The number of nitrogens with one attached hydrogen (secondary N) is 1. The number of carbonyl (C=O) groups is 1. The number of methoxy groups -OCH3 is 1. The summed E-state index contributed by atoms with van der Waals surface area (Å²) >= 11 is 0. The third-order valence-corrected chi connectivity index (χ3v) is 7.74. The Balaban J connectivity index is 1.63. The second kappa shape index (κ2) is 10.3. The zero-order chi connectivity index (χ0) is 24.2. The van der Waals surface area contributed by atoms with E-state index in [4.69, 9.17) is 4.74 Å². The molecule has 1 fully saturated rings. The fourth-order valence-corrected chi connectivity index (χ4v) is 5.22. The molecular formula is C22H28N4O6S. The Morgan fingerprint density at radius 2 is 1.73 bits per heavy atom. The monoisotopic (exact) mass is 476 g/mol. The predicted molar refractivity (Wildman–Crippen MR) is 122 cm³/mol. The third kappa shape index (κ3) is 5.49. The quantitative estimate of drug-likeness (QED) is 0.458. The Morgan fingerprint density at radius 3 is 2.30 bits per heavy atom. The fraction of sp³-hybridized carbons (Fsp3) is 0.409. The minimum absolute atomic E-state index is 0.00617. The minimum Gasteiger partial charge on any atom is -0.490 e. The lowest BCUT2D eigenvalue weighted by atomic mass is 10.1. The molecule has 178 valence electrons. The number of nitro benzene ring substituents is 1. The number of piperazine rings is 1. The van der Waals surface area contributed by atoms with Gasteiger partial charge in [0.05, 0.1) is 29.0 Å². The number of ether oxygens (including phenoxy) is 1. The van der Waals surface area contributed by atoms with E-state index in [1.54, 1.807) is 6.92 Å². The molecule has 2 aromatic rings. The molecule has 0 bridgehead atoms. The molecule has 0 radical (unpaired) electrons. The Bertz CT molecular complexity index is 1100. The van der Waals surface area contributed by atoms with Gasteiger partial charge in [-0.25, -0.2) is 8.42 Å². The van der Waals surface area contributed by atoms with Crippen LogP contribution in [0.25, 0.3) is 0 Å². The summed E-state index contributed by atoms with van der Waals surface area (Å²) in [6.07, 6.45) is 0. The predicted octanol–water partition coefficient (Wildman–Crippen LogP) is 2.18. The van der Waals surface area contributed by atoms with E-state index in [-0.39, 0.29) is 35.7 Å². The van der Waals surface area contributed by atoms with Crippen molar-refractivity contribution >= 4 is 21.6 Å². The summed E-state index contributed by atoms with van der Waals surface area (Å²) in [6, 6.07) is 12.7. The van der Waals surface area contributed by atoms with Crippen LogP contribution in [0, 0.1) is 10.1 Å². The summed E-state index contributed by atoms with van der Waals surface area (Å²) in [7, 11) is -2.64. The van der Waals surface area contributed by atoms with Crippen LogP contribution in [0.4, 0.5) is 5.69 Å². The number of hydrogen-bond donors (Lipinski definition) is 1. The maximum atomic E-state index is 13.0. The molecule has 1 aliphatic heterocycles. The Labute approximate surface area is 193 Å². The first-order chi connectivity index (χ1) is 15.6. The van der Waals surface area contributed by atoms with E-state index < -0.39 is 26.7 Å². The van der Waals surface area contributed by atoms with Gasteiger partial charge in [-0.2, -0.15) is 4.31 Å². The normalized spacial score (nSPS) is 17.2.